The van der Waals surface area contributed by atoms with Crippen LogP contribution in [0.25, 0.3) is 0 Å². The molecular weight excluding hydrogens is 514 g/mol. The molecule has 3 N–H and O–H groups in total. The monoisotopic (exact) mass is 555 g/mol. The van der Waals surface area contributed by atoms with Gasteiger partial charge in [-0.15, -0.1) is 0 Å². The highest BCUT2D eigenvalue weighted by Crippen LogP contribution is 2.18. The predicted molar refractivity (Wildman–Crippen MR) is 157 cm³/mol. The van der Waals surface area contributed by atoms with Crippen LogP contribution < -0.4 is 10.6 Å². The first-order chi connectivity index (χ1) is 18.6. The zero-order valence-electron chi connectivity index (χ0n) is 23.3. The molecule has 0 fully saturated rings. The lowest BCUT2D eigenvalue weighted by Crippen LogP contribution is -2.42. The summed E-state index contributed by atoms with van der Waals surface area (Å²) in [6, 6.07) is 11.9. The van der Waals surface area contributed by atoms with E-state index in [1.54, 1.807) is 36.1 Å². The Labute approximate surface area is 237 Å². The number of aromatic carboxylic acids is 1. The average molecular weight is 556 g/mol. The molecule has 0 bridgehead atoms. The maximum atomic E-state index is 13.1. The van der Waals surface area contributed by atoms with E-state index in [2.05, 4.69) is 44.0 Å². The summed E-state index contributed by atoms with van der Waals surface area (Å²) < 4.78 is 0. The number of carbonyl (C=O) groups is 4. The Balaban J connectivity index is 2.06. The third-order valence-electron chi connectivity index (χ3n) is 6.46. The smallest absolute Gasteiger partial charge is 0.336 e. The van der Waals surface area contributed by atoms with E-state index < -0.39 is 11.9 Å². The fourth-order valence-electron chi connectivity index (χ4n) is 4.35. The molecule has 1 unspecified atom stereocenters. The second-order valence-corrected chi connectivity index (χ2v) is 10.6. The SMILES string of the molecule is CCCCCN(Cc1ccc(NC(=O)c2cccc(C)c2C(=O)O)cc1)C(=O)CNC(=O)C(CS)CC(C)C. The van der Waals surface area contributed by atoms with Gasteiger partial charge in [0.1, 0.15) is 0 Å². The summed E-state index contributed by atoms with van der Waals surface area (Å²) in [5.41, 5.74) is 1.97. The second-order valence-electron chi connectivity index (χ2n) is 10.2. The Morgan fingerprint density at radius 2 is 1.72 bits per heavy atom. The Kier molecular flexibility index (Phi) is 13.0. The lowest BCUT2D eigenvalue weighted by Gasteiger charge is -2.24. The van der Waals surface area contributed by atoms with Gasteiger partial charge in [0.25, 0.3) is 5.91 Å². The molecule has 0 aliphatic carbocycles. The van der Waals surface area contributed by atoms with Crippen molar-refractivity contribution in [2.75, 3.05) is 24.2 Å². The van der Waals surface area contributed by atoms with Crippen LogP contribution in [0.4, 0.5) is 5.69 Å². The summed E-state index contributed by atoms with van der Waals surface area (Å²) in [6.07, 6.45) is 3.60. The summed E-state index contributed by atoms with van der Waals surface area (Å²) in [6.45, 7) is 8.74. The highest BCUT2D eigenvalue weighted by molar-refractivity contribution is 7.80. The second kappa shape index (κ2) is 15.9. The van der Waals surface area contributed by atoms with Crippen molar-refractivity contribution in [1.82, 2.24) is 10.2 Å². The zero-order chi connectivity index (χ0) is 28.9. The largest absolute Gasteiger partial charge is 0.478 e. The number of rotatable bonds is 15. The molecule has 2 aromatic rings. The van der Waals surface area contributed by atoms with Crippen LogP contribution in [-0.4, -0.2) is 52.5 Å². The third-order valence-corrected chi connectivity index (χ3v) is 6.90. The van der Waals surface area contributed by atoms with Crippen molar-refractivity contribution >= 4 is 42.0 Å². The number of carboxylic acids is 1. The highest BCUT2D eigenvalue weighted by atomic mass is 32.1. The van der Waals surface area contributed by atoms with E-state index in [-0.39, 0.29) is 35.4 Å². The molecule has 0 radical (unpaired) electrons. The van der Waals surface area contributed by atoms with E-state index in [9.17, 15) is 24.3 Å². The molecular formula is C30H41N3O5S. The van der Waals surface area contributed by atoms with E-state index in [1.165, 1.54) is 6.07 Å². The van der Waals surface area contributed by atoms with Gasteiger partial charge in [0.05, 0.1) is 17.7 Å². The molecule has 0 spiro atoms. The Morgan fingerprint density at radius 3 is 2.31 bits per heavy atom. The van der Waals surface area contributed by atoms with Gasteiger partial charge in [-0.1, -0.05) is 57.9 Å². The van der Waals surface area contributed by atoms with Gasteiger partial charge in [0, 0.05) is 30.4 Å². The summed E-state index contributed by atoms with van der Waals surface area (Å²) >= 11 is 4.30. The van der Waals surface area contributed by atoms with Crippen LogP contribution in [0.1, 0.15) is 78.3 Å². The first-order valence-corrected chi connectivity index (χ1v) is 14.1. The quantitative estimate of drug-likeness (QED) is 0.179. The van der Waals surface area contributed by atoms with E-state index in [1.807, 2.05) is 12.1 Å². The van der Waals surface area contributed by atoms with Gasteiger partial charge in [-0.25, -0.2) is 4.79 Å². The van der Waals surface area contributed by atoms with E-state index in [0.29, 0.717) is 42.4 Å². The van der Waals surface area contributed by atoms with Crippen LogP contribution in [0.2, 0.25) is 0 Å². The van der Waals surface area contributed by atoms with Gasteiger partial charge in [-0.05, 0) is 55.0 Å². The summed E-state index contributed by atoms with van der Waals surface area (Å²) in [7, 11) is 0. The van der Waals surface area contributed by atoms with Crippen LogP contribution >= 0.6 is 12.6 Å². The number of nitrogens with zero attached hydrogens (tertiary/aromatic N) is 1. The van der Waals surface area contributed by atoms with Crippen LogP contribution in [0, 0.1) is 18.8 Å². The molecule has 39 heavy (non-hydrogen) atoms. The molecule has 0 saturated carbocycles. The molecule has 0 aliphatic heterocycles. The molecule has 2 aromatic carbocycles. The van der Waals surface area contributed by atoms with Gasteiger partial charge < -0.3 is 20.6 Å². The van der Waals surface area contributed by atoms with Gasteiger partial charge in [-0.2, -0.15) is 12.6 Å². The standard InChI is InChI=1S/C30H41N3O5S/c1-5-6-7-15-33(26(34)17-31-28(35)23(19-39)16-20(2)3)18-22-11-13-24(14-12-22)32-29(36)25-10-8-9-21(4)27(25)30(37)38/h8-14,20,23,39H,5-7,15-19H2,1-4H3,(H,31,35)(H,32,36)(H,37,38). The Bertz CT molecular complexity index is 1130. The topological polar surface area (TPSA) is 116 Å². The highest BCUT2D eigenvalue weighted by Gasteiger charge is 2.21. The predicted octanol–water partition coefficient (Wildman–Crippen LogP) is 5.17. The van der Waals surface area contributed by atoms with Crippen LogP contribution in [0.3, 0.4) is 0 Å². The van der Waals surface area contributed by atoms with E-state index in [0.717, 1.165) is 24.8 Å². The van der Waals surface area contributed by atoms with Gasteiger partial charge in [0.15, 0.2) is 0 Å². The fraction of sp³-hybridized carbons (Fsp3) is 0.467. The number of aryl methyl sites for hydroxylation is 1. The van der Waals surface area contributed by atoms with Crippen LogP contribution in [0.5, 0.6) is 0 Å². The van der Waals surface area contributed by atoms with E-state index in [4.69, 9.17) is 0 Å². The Morgan fingerprint density at radius 1 is 1.03 bits per heavy atom. The fourth-order valence-corrected chi connectivity index (χ4v) is 4.67. The van der Waals surface area contributed by atoms with Crippen molar-refractivity contribution in [3.8, 4) is 0 Å². The summed E-state index contributed by atoms with van der Waals surface area (Å²) in [4.78, 5) is 51.8. The van der Waals surface area contributed by atoms with Crippen molar-refractivity contribution in [1.29, 1.82) is 0 Å². The average Bonchev–Trinajstić information content (AvgIpc) is 2.90. The zero-order valence-corrected chi connectivity index (χ0v) is 24.2. The minimum Gasteiger partial charge on any atom is -0.478 e. The first-order valence-electron chi connectivity index (χ1n) is 13.5. The van der Waals surface area contributed by atoms with Crippen LogP contribution in [-0.2, 0) is 16.1 Å². The number of anilines is 1. The molecule has 2 rings (SSSR count). The lowest BCUT2D eigenvalue weighted by molar-refractivity contribution is -0.134. The summed E-state index contributed by atoms with van der Waals surface area (Å²) in [5.74, 6) is -1.41. The van der Waals surface area contributed by atoms with Crippen molar-refractivity contribution in [2.24, 2.45) is 11.8 Å². The number of unbranched alkanes of at least 4 members (excludes halogenated alkanes) is 2. The van der Waals surface area contributed by atoms with E-state index >= 15 is 0 Å². The van der Waals surface area contributed by atoms with Crippen molar-refractivity contribution in [2.45, 2.75) is 59.9 Å². The maximum absolute atomic E-state index is 13.1. The van der Waals surface area contributed by atoms with Crippen molar-refractivity contribution in [3.05, 3.63) is 64.7 Å². The molecule has 8 nitrogen and oxygen atoms in total. The number of carboxylic acid groups (broad SMARTS) is 1. The normalized spacial score (nSPS) is 11.6. The third kappa shape index (κ3) is 10.1. The Hall–Kier alpha value is -3.33. The molecule has 0 aliphatic rings. The first kappa shape index (κ1) is 31.9. The minimum atomic E-state index is -1.15. The number of benzene rings is 2. The minimum absolute atomic E-state index is 0.0233. The van der Waals surface area contributed by atoms with Gasteiger partial charge >= 0.3 is 5.97 Å². The molecule has 0 heterocycles. The molecule has 0 aromatic heterocycles. The van der Waals surface area contributed by atoms with Gasteiger partial charge in [0.2, 0.25) is 11.8 Å². The number of nitrogens with one attached hydrogen (secondary N) is 2. The lowest BCUT2D eigenvalue weighted by atomic mass is 9.98. The molecule has 0 saturated heterocycles. The molecule has 1 atom stereocenters. The van der Waals surface area contributed by atoms with Crippen molar-refractivity contribution < 1.29 is 24.3 Å². The maximum Gasteiger partial charge on any atom is 0.336 e. The molecule has 9 heteroatoms. The number of hydrogen-bond acceptors (Lipinski definition) is 5. The molecule has 212 valence electrons. The number of carbonyl (C=O) groups excluding carboxylic acids is 3. The van der Waals surface area contributed by atoms with Crippen molar-refractivity contribution in [3.63, 3.8) is 0 Å². The van der Waals surface area contributed by atoms with Crippen LogP contribution in [0.15, 0.2) is 42.5 Å². The van der Waals surface area contributed by atoms with Gasteiger partial charge in [-0.3, -0.25) is 14.4 Å². The molecule has 3 amide bonds. The number of hydrogen-bond donors (Lipinski definition) is 4. The number of amides is 3. The number of thiol groups is 1. The summed E-state index contributed by atoms with van der Waals surface area (Å²) in [5, 5.41) is 15.0.